The minimum atomic E-state index is 0.291. The lowest BCUT2D eigenvalue weighted by molar-refractivity contribution is 0.432. The van der Waals surface area contributed by atoms with Gasteiger partial charge < -0.3 is 15.4 Å². The van der Waals surface area contributed by atoms with Crippen LogP contribution >= 0.6 is 11.3 Å². The van der Waals surface area contributed by atoms with Crippen LogP contribution in [0.15, 0.2) is 28.1 Å². The van der Waals surface area contributed by atoms with Gasteiger partial charge in [-0.3, -0.25) is 0 Å². The van der Waals surface area contributed by atoms with Gasteiger partial charge in [-0.25, -0.2) is 0 Å². The second kappa shape index (κ2) is 4.64. The van der Waals surface area contributed by atoms with Crippen molar-refractivity contribution in [3.8, 4) is 28.6 Å². The topological polar surface area (TPSA) is 85.2 Å². The van der Waals surface area contributed by atoms with E-state index < -0.39 is 0 Å². The van der Waals surface area contributed by atoms with E-state index in [0.717, 1.165) is 22.3 Å². The number of thiophene rings is 1. The number of phenols is 1. The third kappa shape index (κ3) is 2.04. The summed E-state index contributed by atoms with van der Waals surface area (Å²) in [5.41, 5.74) is 8.96. The number of nitrogen functional groups attached to an aromatic ring is 1. The number of nitrogens with two attached hydrogens (primary N) is 1. The van der Waals surface area contributed by atoms with E-state index in [4.69, 9.17) is 10.3 Å². The first-order valence-electron chi connectivity index (χ1n) is 6.04. The summed E-state index contributed by atoms with van der Waals surface area (Å²) in [5.74, 6) is 1.18. The van der Waals surface area contributed by atoms with Crippen LogP contribution in [0.1, 0.15) is 11.1 Å². The highest BCUT2D eigenvalue weighted by Crippen LogP contribution is 2.32. The maximum Gasteiger partial charge on any atom is 0.261 e. The normalized spacial score (nSPS) is 10.9. The molecule has 0 amide bonds. The predicted molar refractivity (Wildman–Crippen MR) is 78.6 cm³/mol. The van der Waals surface area contributed by atoms with Gasteiger partial charge in [-0.15, -0.1) is 11.3 Å². The molecule has 2 aromatic heterocycles. The Hall–Kier alpha value is -2.34. The Balaban J connectivity index is 2.05. The summed E-state index contributed by atoms with van der Waals surface area (Å²) in [6.45, 7) is 3.67. The van der Waals surface area contributed by atoms with Crippen LogP contribution in [0.25, 0.3) is 22.8 Å². The summed E-state index contributed by atoms with van der Waals surface area (Å²) >= 11 is 1.43. The lowest BCUT2D eigenvalue weighted by Crippen LogP contribution is -1.87. The molecule has 0 radical (unpaired) electrons. The highest BCUT2D eigenvalue weighted by atomic mass is 32.1. The van der Waals surface area contributed by atoms with Crippen LogP contribution < -0.4 is 5.73 Å². The van der Waals surface area contributed by atoms with Gasteiger partial charge in [0.25, 0.3) is 5.89 Å². The second-order valence-electron chi connectivity index (χ2n) is 4.58. The lowest BCUT2D eigenvalue weighted by Gasteiger charge is -2.04. The van der Waals surface area contributed by atoms with E-state index in [1.54, 1.807) is 0 Å². The molecule has 0 aliphatic carbocycles. The van der Waals surface area contributed by atoms with Crippen molar-refractivity contribution < 1.29 is 9.63 Å². The SMILES string of the molecule is Cc1cc(-c2noc(-c3ccsc3N)n2)cc(C)c1O. The first-order valence-corrected chi connectivity index (χ1v) is 6.92. The highest BCUT2D eigenvalue weighted by molar-refractivity contribution is 7.14. The number of anilines is 1. The average molecular weight is 287 g/mol. The molecule has 0 aliphatic rings. The van der Waals surface area contributed by atoms with E-state index in [2.05, 4.69) is 10.1 Å². The first-order chi connectivity index (χ1) is 9.56. The molecule has 3 rings (SSSR count). The molecule has 0 saturated heterocycles. The zero-order valence-corrected chi connectivity index (χ0v) is 11.9. The minimum Gasteiger partial charge on any atom is -0.507 e. The van der Waals surface area contributed by atoms with Crippen molar-refractivity contribution >= 4 is 16.3 Å². The molecule has 0 atom stereocenters. The molecule has 0 saturated carbocycles. The van der Waals surface area contributed by atoms with Crippen LogP contribution in [-0.4, -0.2) is 15.2 Å². The standard InChI is InChI=1S/C14H13N3O2S/c1-7-5-9(6-8(2)11(7)18)13-16-14(19-17-13)10-3-4-20-12(10)15/h3-6,18H,15H2,1-2H3. The summed E-state index contributed by atoms with van der Waals surface area (Å²) in [7, 11) is 0. The quantitative estimate of drug-likeness (QED) is 0.754. The summed E-state index contributed by atoms with van der Waals surface area (Å²) in [6.07, 6.45) is 0. The average Bonchev–Trinajstić information content (AvgIpc) is 3.03. The third-order valence-corrected chi connectivity index (χ3v) is 3.85. The molecule has 0 spiro atoms. The van der Waals surface area contributed by atoms with Gasteiger partial charge in [0.1, 0.15) is 5.75 Å². The maximum absolute atomic E-state index is 9.79. The Labute approximate surface area is 119 Å². The fourth-order valence-electron chi connectivity index (χ4n) is 2.03. The van der Waals surface area contributed by atoms with Gasteiger partial charge in [-0.05, 0) is 48.6 Å². The van der Waals surface area contributed by atoms with E-state index in [0.29, 0.717) is 22.5 Å². The van der Waals surface area contributed by atoms with Gasteiger partial charge in [0.2, 0.25) is 5.82 Å². The molecule has 1 aromatic carbocycles. The second-order valence-corrected chi connectivity index (χ2v) is 5.53. The predicted octanol–water partition coefficient (Wildman–Crippen LogP) is 3.37. The molecular formula is C14H13N3O2S. The molecule has 0 bridgehead atoms. The minimum absolute atomic E-state index is 0.291. The highest BCUT2D eigenvalue weighted by Gasteiger charge is 2.15. The van der Waals surface area contributed by atoms with Gasteiger partial charge >= 0.3 is 0 Å². The number of aromatic nitrogens is 2. The van der Waals surface area contributed by atoms with Crippen molar-refractivity contribution in [3.63, 3.8) is 0 Å². The molecule has 2 heterocycles. The van der Waals surface area contributed by atoms with Gasteiger partial charge in [0.05, 0.1) is 10.6 Å². The number of benzene rings is 1. The number of phenolic OH excluding ortho intramolecular Hbond substituents is 1. The van der Waals surface area contributed by atoms with Crippen molar-refractivity contribution in [2.24, 2.45) is 0 Å². The van der Waals surface area contributed by atoms with E-state index in [9.17, 15) is 5.11 Å². The van der Waals surface area contributed by atoms with Gasteiger partial charge in [0, 0.05) is 5.56 Å². The van der Waals surface area contributed by atoms with Crippen molar-refractivity contribution in [1.82, 2.24) is 10.1 Å². The Morgan fingerprint density at radius 2 is 1.95 bits per heavy atom. The Morgan fingerprint density at radius 1 is 1.25 bits per heavy atom. The Kier molecular flexibility index (Phi) is 2.94. The Bertz CT molecular complexity index is 753. The van der Waals surface area contributed by atoms with Crippen LogP contribution in [0.5, 0.6) is 5.75 Å². The van der Waals surface area contributed by atoms with Crippen LogP contribution in [0.2, 0.25) is 0 Å². The van der Waals surface area contributed by atoms with Crippen molar-refractivity contribution in [2.45, 2.75) is 13.8 Å². The number of aryl methyl sites for hydroxylation is 2. The fourth-order valence-corrected chi connectivity index (χ4v) is 2.67. The van der Waals surface area contributed by atoms with Crippen LogP contribution in [0.4, 0.5) is 5.00 Å². The van der Waals surface area contributed by atoms with E-state index in [1.807, 2.05) is 37.4 Å². The first kappa shape index (κ1) is 12.7. The third-order valence-electron chi connectivity index (χ3n) is 3.10. The molecule has 102 valence electrons. The van der Waals surface area contributed by atoms with Gasteiger partial charge in [0.15, 0.2) is 0 Å². The van der Waals surface area contributed by atoms with Crippen LogP contribution in [-0.2, 0) is 0 Å². The molecular weight excluding hydrogens is 274 g/mol. The summed E-state index contributed by atoms with van der Waals surface area (Å²) in [6, 6.07) is 5.51. The molecule has 5 nitrogen and oxygen atoms in total. The Morgan fingerprint density at radius 3 is 2.55 bits per heavy atom. The van der Waals surface area contributed by atoms with Crippen molar-refractivity contribution in [2.75, 3.05) is 5.73 Å². The molecule has 20 heavy (non-hydrogen) atoms. The molecule has 0 unspecified atom stereocenters. The van der Waals surface area contributed by atoms with Crippen molar-refractivity contribution in [1.29, 1.82) is 0 Å². The van der Waals surface area contributed by atoms with E-state index >= 15 is 0 Å². The zero-order chi connectivity index (χ0) is 14.3. The fraction of sp³-hybridized carbons (Fsp3) is 0.143. The molecule has 3 aromatic rings. The largest absolute Gasteiger partial charge is 0.507 e. The van der Waals surface area contributed by atoms with E-state index in [-0.39, 0.29) is 0 Å². The monoisotopic (exact) mass is 287 g/mol. The smallest absolute Gasteiger partial charge is 0.261 e. The summed E-state index contributed by atoms with van der Waals surface area (Å²) in [4.78, 5) is 4.36. The number of nitrogens with zero attached hydrogens (tertiary/aromatic N) is 2. The number of hydrogen-bond acceptors (Lipinski definition) is 6. The number of aromatic hydroxyl groups is 1. The van der Waals surface area contributed by atoms with Crippen molar-refractivity contribution in [3.05, 3.63) is 34.7 Å². The molecule has 6 heteroatoms. The molecule has 0 fully saturated rings. The van der Waals surface area contributed by atoms with E-state index in [1.165, 1.54) is 11.3 Å². The van der Waals surface area contributed by atoms with Crippen LogP contribution in [0, 0.1) is 13.8 Å². The summed E-state index contributed by atoms with van der Waals surface area (Å²) in [5, 5.41) is 16.3. The summed E-state index contributed by atoms with van der Waals surface area (Å²) < 4.78 is 5.26. The number of hydrogen-bond donors (Lipinski definition) is 2. The van der Waals surface area contributed by atoms with Gasteiger partial charge in [-0.1, -0.05) is 5.16 Å². The zero-order valence-electron chi connectivity index (χ0n) is 11.0. The molecule has 0 aliphatic heterocycles. The molecule has 3 N–H and O–H groups in total. The van der Waals surface area contributed by atoms with Gasteiger partial charge in [-0.2, -0.15) is 4.98 Å². The lowest BCUT2D eigenvalue weighted by atomic mass is 10.1. The number of rotatable bonds is 2. The maximum atomic E-state index is 9.79. The van der Waals surface area contributed by atoms with Crippen LogP contribution in [0.3, 0.4) is 0 Å².